The van der Waals surface area contributed by atoms with Crippen LogP contribution in [0.3, 0.4) is 0 Å². The van der Waals surface area contributed by atoms with Crippen molar-refractivity contribution < 1.29 is 14.7 Å². The van der Waals surface area contributed by atoms with Gasteiger partial charge in [-0.05, 0) is 33.1 Å². The van der Waals surface area contributed by atoms with Crippen LogP contribution in [0.2, 0.25) is 0 Å². The molecule has 1 amide bonds. The number of nitrogens with two attached hydrogens (primary N) is 1. The summed E-state index contributed by atoms with van der Waals surface area (Å²) in [7, 11) is 0. The van der Waals surface area contributed by atoms with E-state index in [1.54, 1.807) is 0 Å². The van der Waals surface area contributed by atoms with Gasteiger partial charge in [-0.2, -0.15) is 0 Å². The minimum absolute atomic E-state index is 0.0284. The lowest BCUT2D eigenvalue weighted by atomic mass is 9.71. The third-order valence-electron chi connectivity index (χ3n) is 5.03. The van der Waals surface area contributed by atoms with E-state index in [1.807, 2.05) is 13.8 Å². The van der Waals surface area contributed by atoms with Crippen LogP contribution in [0.1, 0.15) is 52.4 Å². The Morgan fingerprint density at radius 2 is 2.00 bits per heavy atom. The zero-order chi connectivity index (χ0) is 14.8. The molecule has 2 rings (SSSR count). The van der Waals surface area contributed by atoms with Crippen molar-refractivity contribution >= 4 is 11.7 Å². The van der Waals surface area contributed by atoms with Gasteiger partial charge in [0.15, 0.2) is 5.84 Å². The maximum Gasteiger partial charge on any atom is 0.234 e. The van der Waals surface area contributed by atoms with Crippen LogP contribution in [-0.4, -0.2) is 35.2 Å². The number of oxime groups is 1. The number of nitrogens with zero attached hydrogens (tertiary/aromatic N) is 1. The molecule has 0 radical (unpaired) electrons. The minimum Gasteiger partial charge on any atom is -0.409 e. The Balaban J connectivity index is 2.19. The van der Waals surface area contributed by atoms with Crippen molar-refractivity contribution in [3.63, 3.8) is 0 Å². The summed E-state index contributed by atoms with van der Waals surface area (Å²) in [6.07, 6.45) is 4.97. The Hall–Kier alpha value is -1.30. The van der Waals surface area contributed by atoms with Gasteiger partial charge in [-0.15, -0.1) is 0 Å². The van der Waals surface area contributed by atoms with E-state index in [1.165, 1.54) is 0 Å². The number of amides is 1. The lowest BCUT2D eigenvalue weighted by Crippen LogP contribution is -2.59. The second kappa shape index (κ2) is 5.60. The summed E-state index contributed by atoms with van der Waals surface area (Å²) in [4.78, 5) is 12.8. The highest BCUT2D eigenvalue weighted by molar-refractivity contribution is 6.07. The van der Waals surface area contributed by atoms with Crippen molar-refractivity contribution in [2.75, 3.05) is 6.61 Å². The number of rotatable bonds is 3. The van der Waals surface area contributed by atoms with Gasteiger partial charge in [0.2, 0.25) is 5.91 Å². The summed E-state index contributed by atoms with van der Waals surface area (Å²) in [5.41, 5.74) is 4.60. The monoisotopic (exact) mass is 283 g/mol. The highest BCUT2D eigenvalue weighted by Gasteiger charge is 2.48. The van der Waals surface area contributed by atoms with Crippen LogP contribution < -0.4 is 11.1 Å². The molecule has 0 aromatic carbocycles. The first-order valence-corrected chi connectivity index (χ1v) is 7.37. The normalized spacial score (nSPS) is 33.9. The molecule has 0 spiro atoms. The summed E-state index contributed by atoms with van der Waals surface area (Å²) in [6, 6.07) is 0. The number of carbonyl (C=O) groups excluding carboxylic acids is 1. The third kappa shape index (κ3) is 2.49. The Labute approximate surface area is 119 Å². The van der Waals surface area contributed by atoms with Crippen LogP contribution in [0.15, 0.2) is 5.16 Å². The van der Waals surface area contributed by atoms with Crippen molar-refractivity contribution in [1.82, 2.24) is 5.32 Å². The average Bonchev–Trinajstić information content (AvgIpc) is 2.78. The van der Waals surface area contributed by atoms with E-state index < -0.39 is 5.41 Å². The average molecular weight is 283 g/mol. The molecule has 1 saturated carbocycles. The summed E-state index contributed by atoms with van der Waals surface area (Å²) in [5, 5.41) is 15.3. The van der Waals surface area contributed by atoms with Crippen LogP contribution in [0.25, 0.3) is 0 Å². The van der Waals surface area contributed by atoms with Gasteiger partial charge < -0.3 is 21.0 Å². The fourth-order valence-corrected chi connectivity index (χ4v) is 3.23. The van der Waals surface area contributed by atoms with E-state index in [0.29, 0.717) is 19.4 Å². The molecule has 2 unspecified atom stereocenters. The molecule has 6 heteroatoms. The molecule has 0 aromatic heterocycles. The SMILES string of the molecule is CC1OCCC1(C)NC(=O)C1(C(N)=NO)CCCCC1. The van der Waals surface area contributed by atoms with E-state index in [-0.39, 0.29) is 23.4 Å². The van der Waals surface area contributed by atoms with E-state index >= 15 is 0 Å². The fourth-order valence-electron chi connectivity index (χ4n) is 3.23. The molecule has 6 nitrogen and oxygen atoms in total. The van der Waals surface area contributed by atoms with Crippen LogP contribution in [0.5, 0.6) is 0 Å². The first kappa shape index (κ1) is 15.1. The lowest BCUT2D eigenvalue weighted by molar-refractivity contribution is -0.131. The second-order valence-corrected chi connectivity index (χ2v) is 6.26. The number of hydrogen-bond acceptors (Lipinski definition) is 4. The third-order valence-corrected chi connectivity index (χ3v) is 5.03. The van der Waals surface area contributed by atoms with E-state index in [0.717, 1.165) is 25.7 Å². The van der Waals surface area contributed by atoms with Crippen LogP contribution in [-0.2, 0) is 9.53 Å². The molecule has 114 valence electrons. The summed E-state index contributed by atoms with van der Waals surface area (Å²) in [6.45, 7) is 4.60. The second-order valence-electron chi connectivity index (χ2n) is 6.26. The number of amidine groups is 1. The predicted molar refractivity (Wildman–Crippen MR) is 75.5 cm³/mol. The maximum absolute atomic E-state index is 12.8. The molecule has 2 aliphatic rings. The van der Waals surface area contributed by atoms with Crippen LogP contribution in [0, 0.1) is 5.41 Å². The summed E-state index contributed by atoms with van der Waals surface area (Å²) < 4.78 is 5.55. The molecule has 1 saturated heterocycles. The van der Waals surface area contributed by atoms with Crippen molar-refractivity contribution in [2.45, 2.75) is 64.0 Å². The van der Waals surface area contributed by atoms with Crippen molar-refractivity contribution in [3.05, 3.63) is 0 Å². The Bertz CT molecular complexity index is 404. The van der Waals surface area contributed by atoms with Gasteiger partial charge in [-0.1, -0.05) is 24.4 Å². The highest BCUT2D eigenvalue weighted by atomic mass is 16.5. The molecule has 1 heterocycles. The largest absolute Gasteiger partial charge is 0.409 e. The Kier molecular flexibility index (Phi) is 4.22. The van der Waals surface area contributed by atoms with Crippen molar-refractivity contribution in [2.24, 2.45) is 16.3 Å². The molecule has 1 aliphatic heterocycles. The molecule has 2 fully saturated rings. The molecule has 2 atom stereocenters. The van der Waals surface area contributed by atoms with Crippen LogP contribution in [0.4, 0.5) is 0 Å². The fraction of sp³-hybridized carbons (Fsp3) is 0.857. The van der Waals surface area contributed by atoms with E-state index in [2.05, 4.69) is 10.5 Å². The summed E-state index contributed by atoms with van der Waals surface area (Å²) in [5.74, 6) is -0.0998. The molecule has 0 bridgehead atoms. The number of ether oxygens (including phenoxy) is 1. The zero-order valence-corrected chi connectivity index (χ0v) is 12.3. The Morgan fingerprint density at radius 1 is 1.35 bits per heavy atom. The first-order valence-electron chi connectivity index (χ1n) is 7.37. The van der Waals surface area contributed by atoms with Gasteiger partial charge in [0.25, 0.3) is 0 Å². The highest BCUT2D eigenvalue weighted by Crippen LogP contribution is 2.38. The van der Waals surface area contributed by atoms with Gasteiger partial charge in [0.05, 0.1) is 11.6 Å². The predicted octanol–water partition coefficient (Wildman–Crippen LogP) is 1.37. The topological polar surface area (TPSA) is 96.9 Å². The standard InChI is InChI=1S/C14H25N3O3/c1-10-13(2,8-9-20-10)16-12(18)14(11(15)17-19)6-4-3-5-7-14/h10,19H,3-9H2,1-2H3,(H2,15,17)(H,16,18). The van der Waals surface area contributed by atoms with Gasteiger partial charge in [-0.25, -0.2) is 0 Å². The number of hydrogen-bond donors (Lipinski definition) is 3. The van der Waals surface area contributed by atoms with Crippen molar-refractivity contribution in [1.29, 1.82) is 0 Å². The van der Waals surface area contributed by atoms with Crippen LogP contribution >= 0.6 is 0 Å². The zero-order valence-electron chi connectivity index (χ0n) is 12.3. The molecule has 1 aliphatic carbocycles. The molecule has 20 heavy (non-hydrogen) atoms. The van der Waals surface area contributed by atoms with E-state index in [4.69, 9.17) is 15.7 Å². The maximum atomic E-state index is 12.8. The van der Waals surface area contributed by atoms with Crippen molar-refractivity contribution in [3.8, 4) is 0 Å². The number of carbonyl (C=O) groups is 1. The molecular weight excluding hydrogens is 258 g/mol. The van der Waals surface area contributed by atoms with Gasteiger partial charge in [-0.3, -0.25) is 4.79 Å². The Morgan fingerprint density at radius 3 is 2.50 bits per heavy atom. The molecule has 4 N–H and O–H groups in total. The van der Waals surface area contributed by atoms with Gasteiger partial charge in [0.1, 0.15) is 5.41 Å². The summed E-state index contributed by atoms with van der Waals surface area (Å²) >= 11 is 0. The number of nitrogens with one attached hydrogen (secondary N) is 1. The van der Waals surface area contributed by atoms with Gasteiger partial charge >= 0.3 is 0 Å². The smallest absolute Gasteiger partial charge is 0.234 e. The first-order chi connectivity index (χ1) is 9.44. The van der Waals surface area contributed by atoms with Gasteiger partial charge in [0, 0.05) is 6.61 Å². The van der Waals surface area contributed by atoms with E-state index in [9.17, 15) is 4.79 Å². The molecule has 0 aromatic rings. The molecular formula is C14H25N3O3. The lowest BCUT2D eigenvalue weighted by Gasteiger charge is -2.38. The minimum atomic E-state index is -0.863. The quantitative estimate of drug-likeness (QED) is 0.315.